The summed E-state index contributed by atoms with van der Waals surface area (Å²) >= 11 is 3.49. The van der Waals surface area contributed by atoms with E-state index in [2.05, 4.69) is 25.9 Å². The fourth-order valence-electron chi connectivity index (χ4n) is 3.08. The van der Waals surface area contributed by atoms with Gasteiger partial charge in [0.1, 0.15) is 6.04 Å². The van der Waals surface area contributed by atoms with E-state index < -0.39 is 0 Å². The van der Waals surface area contributed by atoms with Crippen LogP contribution in [-0.2, 0) is 17.9 Å². The van der Waals surface area contributed by atoms with Crippen molar-refractivity contribution >= 4 is 21.8 Å². The zero-order valence-electron chi connectivity index (χ0n) is 12.8. The van der Waals surface area contributed by atoms with Gasteiger partial charge < -0.3 is 9.47 Å². The molecule has 0 spiro atoms. The summed E-state index contributed by atoms with van der Waals surface area (Å²) in [7, 11) is 0. The lowest BCUT2D eigenvalue weighted by Crippen LogP contribution is -2.42. The molecule has 0 saturated heterocycles. The summed E-state index contributed by atoms with van der Waals surface area (Å²) in [5, 5.41) is 0. The molecule has 0 saturated carbocycles. The highest BCUT2D eigenvalue weighted by Gasteiger charge is 2.34. The minimum atomic E-state index is -0.384. The molecule has 3 aromatic rings. The maximum atomic E-state index is 13.1. The fourth-order valence-corrected chi connectivity index (χ4v) is 3.50. The molecule has 1 unspecified atom stereocenters. The van der Waals surface area contributed by atoms with Crippen LogP contribution >= 0.6 is 15.9 Å². The Labute approximate surface area is 148 Å². The van der Waals surface area contributed by atoms with E-state index in [1.807, 2.05) is 52.1 Å². The summed E-state index contributed by atoms with van der Waals surface area (Å²) in [4.78, 5) is 23.4. The molecule has 120 valence electrons. The van der Waals surface area contributed by atoms with Crippen molar-refractivity contribution < 1.29 is 4.79 Å². The Kier molecular flexibility index (Phi) is 3.90. The van der Waals surface area contributed by atoms with Gasteiger partial charge in [0.05, 0.1) is 18.6 Å². The van der Waals surface area contributed by atoms with Crippen LogP contribution in [0, 0.1) is 0 Å². The van der Waals surface area contributed by atoms with E-state index in [0.29, 0.717) is 13.1 Å². The third-order valence-corrected chi connectivity index (χ3v) is 4.68. The van der Waals surface area contributed by atoms with Crippen molar-refractivity contribution in [1.82, 2.24) is 19.4 Å². The summed E-state index contributed by atoms with van der Waals surface area (Å²) in [5.74, 6) is 0.0717. The van der Waals surface area contributed by atoms with Crippen molar-refractivity contribution in [3.63, 3.8) is 0 Å². The van der Waals surface area contributed by atoms with E-state index >= 15 is 0 Å². The number of aromatic nitrogens is 3. The van der Waals surface area contributed by atoms with E-state index in [9.17, 15) is 4.79 Å². The Morgan fingerprint density at radius 1 is 1.17 bits per heavy atom. The number of carbonyl (C=O) groups is 1. The van der Waals surface area contributed by atoms with Crippen LogP contribution in [0.2, 0.25) is 0 Å². The minimum Gasteiger partial charge on any atom is -0.330 e. The average molecular weight is 383 g/mol. The molecule has 4 rings (SSSR count). The normalized spacial score (nSPS) is 17.0. The largest absolute Gasteiger partial charge is 0.330 e. The van der Waals surface area contributed by atoms with Crippen LogP contribution in [-0.4, -0.2) is 25.3 Å². The van der Waals surface area contributed by atoms with E-state index in [4.69, 9.17) is 0 Å². The number of halogens is 1. The number of nitrogens with zero attached hydrogens (tertiary/aromatic N) is 4. The first-order valence-electron chi connectivity index (χ1n) is 7.66. The molecule has 1 amide bonds. The Morgan fingerprint density at radius 3 is 2.88 bits per heavy atom. The first-order chi connectivity index (χ1) is 11.7. The fraction of sp³-hybridized carbons (Fsp3) is 0.167. The molecule has 0 bridgehead atoms. The maximum Gasteiger partial charge on any atom is 0.250 e. The molecule has 24 heavy (non-hydrogen) atoms. The molecule has 1 aliphatic rings. The number of imidazole rings is 1. The zero-order valence-corrected chi connectivity index (χ0v) is 14.4. The van der Waals surface area contributed by atoms with Crippen LogP contribution < -0.4 is 0 Å². The van der Waals surface area contributed by atoms with Crippen LogP contribution in [0.15, 0.2) is 65.8 Å². The second kappa shape index (κ2) is 6.20. The monoisotopic (exact) mass is 382 g/mol. The zero-order chi connectivity index (χ0) is 16.5. The second-order valence-electron chi connectivity index (χ2n) is 5.81. The van der Waals surface area contributed by atoms with Crippen molar-refractivity contribution in [1.29, 1.82) is 0 Å². The van der Waals surface area contributed by atoms with Crippen LogP contribution in [0.5, 0.6) is 0 Å². The second-order valence-corrected chi connectivity index (χ2v) is 6.72. The molecular weight excluding hydrogens is 368 g/mol. The van der Waals surface area contributed by atoms with E-state index in [1.165, 1.54) is 0 Å². The summed E-state index contributed by atoms with van der Waals surface area (Å²) in [6.45, 7) is 1.10. The van der Waals surface area contributed by atoms with Crippen LogP contribution in [0.4, 0.5) is 0 Å². The summed E-state index contributed by atoms with van der Waals surface area (Å²) in [6, 6.07) is 11.4. The maximum absolute atomic E-state index is 13.1. The number of pyridine rings is 1. The lowest BCUT2D eigenvalue weighted by Gasteiger charge is -2.34. The molecule has 1 aromatic carbocycles. The SMILES string of the molecule is O=C1C(c2cccc(Br)c2)n2cncc2CN1Cc1cccnc1. The van der Waals surface area contributed by atoms with Crippen LogP contribution in [0.3, 0.4) is 0 Å². The van der Waals surface area contributed by atoms with Crippen LogP contribution in [0.1, 0.15) is 22.9 Å². The molecule has 5 nitrogen and oxygen atoms in total. The van der Waals surface area contributed by atoms with Gasteiger partial charge in [0.15, 0.2) is 0 Å². The Bertz CT molecular complexity index is 877. The molecule has 2 aromatic heterocycles. The summed E-state index contributed by atoms with van der Waals surface area (Å²) < 4.78 is 2.92. The van der Waals surface area contributed by atoms with Crippen molar-refractivity contribution in [2.75, 3.05) is 0 Å². The Balaban J connectivity index is 1.72. The highest BCUT2D eigenvalue weighted by molar-refractivity contribution is 9.10. The lowest BCUT2D eigenvalue weighted by atomic mass is 10.0. The van der Waals surface area contributed by atoms with Crippen LogP contribution in [0.25, 0.3) is 0 Å². The van der Waals surface area contributed by atoms with Gasteiger partial charge in [-0.05, 0) is 29.3 Å². The molecule has 0 aliphatic carbocycles. The molecule has 1 atom stereocenters. The van der Waals surface area contributed by atoms with Crippen molar-refractivity contribution in [2.24, 2.45) is 0 Å². The predicted molar refractivity (Wildman–Crippen MR) is 93.0 cm³/mol. The van der Waals surface area contributed by atoms with Gasteiger partial charge in [-0.15, -0.1) is 0 Å². The van der Waals surface area contributed by atoms with Gasteiger partial charge in [-0.25, -0.2) is 4.98 Å². The summed E-state index contributed by atoms with van der Waals surface area (Å²) in [6.07, 6.45) is 7.10. The number of fused-ring (bicyclic) bond motifs is 1. The number of hydrogen-bond acceptors (Lipinski definition) is 3. The van der Waals surface area contributed by atoms with Crippen molar-refractivity contribution in [3.8, 4) is 0 Å². The number of amides is 1. The van der Waals surface area contributed by atoms with Gasteiger partial charge in [-0.2, -0.15) is 0 Å². The molecule has 3 heterocycles. The molecule has 0 fully saturated rings. The van der Waals surface area contributed by atoms with Gasteiger partial charge >= 0.3 is 0 Å². The smallest absolute Gasteiger partial charge is 0.250 e. The number of hydrogen-bond donors (Lipinski definition) is 0. The van der Waals surface area contributed by atoms with Gasteiger partial charge in [0.2, 0.25) is 0 Å². The number of carbonyl (C=O) groups excluding carboxylic acids is 1. The topological polar surface area (TPSA) is 51.0 Å². The molecular formula is C18H15BrN4O. The number of benzene rings is 1. The van der Waals surface area contributed by atoms with E-state index in [1.54, 1.807) is 18.7 Å². The first kappa shape index (κ1) is 15.1. The van der Waals surface area contributed by atoms with E-state index in [0.717, 1.165) is 21.3 Å². The van der Waals surface area contributed by atoms with Gasteiger partial charge in [-0.3, -0.25) is 9.78 Å². The molecule has 0 radical (unpaired) electrons. The lowest BCUT2D eigenvalue weighted by molar-refractivity contribution is -0.136. The van der Waals surface area contributed by atoms with Gasteiger partial charge in [0.25, 0.3) is 5.91 Å². The molecule has 6 heteroatoms. The highest BCUT2D eigenvalue weighted by Crippen LogP contribution is 2.30. The van der Waals surface area contributed by atoms with Crippen molar-refractivity contribution in [3.05, 3.63) is 82.6 Å². The Hall–Kier alpha value is -2.47. The Morgan fingerprint density at radius 2 is 2.08 bits per heavy atom. The minimum absolute atomic E-state index is 0.0717. The quantitative estimate of drug-likeness (QED) is 0.698. The molecule has 1 aliphatic heterocycles. The molecule has 0 N–H and O–H groups in total. The van der Waals surface area contributed by atoms with E-state index in [-0.39, 0.29) is 11.9 Å². The average Bonchev–Trinajstić information content (AvgIpc) is 3.04. The van der Waals surface area contributed by atoms with Crippen molar-refractivity contribution in [2.45, 2.75) is 19.1 Å². The highest BCUT2D eigenvalue weighted by atomic mass is 79.9. The van der Waals surface area contributed by atoms with Gasteiger partial charge in [0, 0.05) is 29.6 Å². The summed E-state index contributed by atoms with van der Waals surface area (Å²) in [5.41, 5.74) is 3.00. The first-order valence-corrected chi connectivity index (χ1v) is 8.45. The van der Waals surface area contributed by atoms with Gasteiger partial charge in [-0.1, -0.05) is 34.1 Å². The third kappa shape index (κ3) is 2.73. The number of rotatable bonds is 3. The predicted octanol–water partition coefficient (Wildman–Crippen LogP) is 3.17. The standard InChI is InChI=1S/C18H15BrN4O/c19-15-5-1-4-14(7-15)17-18(24)22(10-13-3-2-6-20-8-13)11-16-9-21-12-23(16)17/h1-9,12,17H,10-11H2. The third-order valence-electron chi connectivity index (χ3n) is 4.18.